The van der Waals surface area contributed by atoms with Crippen LogP contribution in [-0.4, -0.2) is 44.2 Å². The van der Waals surface area contributed by atoms with Crippen LogP contribution in [0.4, 0.5) is 19.0 Å². The van der Waals surface area contributed by atoms with E-state index < -0.39 is 11.9 Å². The molecule has 3 heterocycles. The molecular formula is C18H23F3N6. The highest BCUT2D eigenvalue weighted by Crippen LogP contribution is 2.50. The molecule has 2 aromatic rings. The number of nitrogens with zero attached hydrogens (tertiary/aromatic N) is 4. The fraction of sp³-hybridized carbons (Fsp3) is 0.611. The standard InChI is InChI=1S/C18H23F3N6/c1-12-6-13(26-25-12)10-27-4-2-17(3-5-27)8-14(9-17)24-16-7-15(18(19,20)21)22-11-23-16/h6-7,11,14H,2-5,8-10H2,1H3,(H,25,26)(H,22,23,24). The van der Waals surface area contributed by atoms with Crippen LogP contribution in [0.15, 0.2) is 18.5 Å². The molecule has 2 N–H and O–H groups in total. The molecule has 0 unspecified atom stereocenters. The molecule has 9 heteroatoms. The van der Waals surface area contributed by atoms with Crippen LogP contribution >= 0.6 is 0 Å². The zero-order valence-electron chi connectivity index (χ0n) is 15.2. The second kappa shape index (κ2) is 6.78. The van der Waals surface area contributed by atoms with Gasteiger partial charge in [-0.05, 0) is 57.2 Å². The van der Waals surface area contributed by atoms with Gasteiger partial charge in [-0.25, -0.2) is 9.97 Å². The Balaban J connectivity index is 1.26. The Morgan fingerprint density at radius 3 is 2.59 bits per heavy atom. The Morgan fingerprint density at radius 2 is 1.96 bits per heavy atom. The van der Waals surface area contributed by atoms with Crippen LogP contribution in [0.5, 0.6) is 0 Å². The van der Waals surface area contributed by atoms with Gasteiger partial charge < -0.3 is 5.32 Å². The van der Waals surface area contributed by atoms with Crippen molar-refractivity contribution >= 4 is 5.82 Å². The first-order chi connectivity index (χ1) is 12.8. The zero-order chi connectivity index (χ0) is 19.1. The largest absolute Gasteiger partial charge is 0.433 e. The van der Waals surface area contributed by atoms with E-state index in [2.05, 4.69) is 36.4 Å². The summed E-state index contributed by atoms with van der Waals surface area (Å²) >= 11 is 0. The van der Waals surface area contributed by atoms with Gasteiger partial charge in [-0.1, -0.05) is 0 Å². The molecule has 0 radical (unpaired) electrons. The number of aromatic amines is 1. The minimum atomic E-state index is -4.44. The first-order valence-corrected chi connectivity index (χ1v) is 9.20. The number of hydrogen-bond acceptors (Lipinski definition) is 5. The second-order valence-electron chi connectivity index (χ2n) is 7.85. The number of halogens is 3. The molecule has 6 nitrogen and oxygen atoms in total. The highest BCUT2D eigenvalue weighted by atomic mass is 19.4. The summed E-state index contributed by atoms with van der Waals surface area (Å²) in [4.78, 5) is 9.65. The molecule has 1 saturated carbocycles. The van der Waals surface area contributed by atoms with E-state index in [0.717, 1.165) is 69.1 Å². The lowest BCUT2D eigenvalue weighted by Crippen LogP contribution is -2.51. The normalized spacial score (nSPS) is 20.6. The Bertz CT molecular complexity index is 786. The third-order valence-corrected chi connectivity index (χ3v) is 5.73. The lowest BCUT2D eigenvalue weighted by molar-refractivity contribution is -0.141. The van der Waals surface area contributed by atoms with Crippen LogP contribution in [0.1, 0.15) is 42.8 Å². The SMILES string of the molecule is Cc1cc(CN2CCC3(CC2)CC(Nc2cc(C(F)(F)F)ncn2)C3)n[nH]1. The van der Waals surface area contributed by atoms with Crippen molar-refractivity contribution in [1.29, 1.82) is 0 Å². The van der Waals surface area contributed by atoms with Gasteiger partial charge in [0, 0.05) is 24.3 Å². The average Bonchev–Trinajstić information content (AvgIpc) is 3.00. The Hall–Kier alpha value is -2.16. The molecule has 1 saturated heterocycles. The molecule has 0 atom stereocenters. The summed E-state index contributed by atoms with van der Waals surface area (Å²) in [6, 6.07) is 3.24. The highest BCUT2D eigenvalue weighted by molar-refractivity contribution is 5.38. The third kappa shape index (κ3) is 4.07. The average molecular weight is 380 g/mol. The molecular weight excluding hydrogens is 357 g/mol. The van der Waals surface area contributed by atoms with Crippen LogP contribution in [0, 0.1) is 12.3 Å². The number of aryl methyl sites for hydroxylation is 1. The molecule has 2 aliphatic rings. The molecule has 1 spiro atoms. The summed E-state index contributed by atoms with van der Waals surface area (Å²) in [6.45, 7) is 4.93. The van der Waals surface area contributed by atoms with Crippen molar-refractivity contribution < 1.29 is 13.2 Å². The topological polar surface area (TPSA) is 69.7 Å². The Labute approximate surface area is 155 Å². The van der Waals surface area contributed by atoms with Crippen molar-refractivity contribution in [3.8, 4) is 0 Å². The van der Waals surface area contributed by atoms with Crippen LogP contribution in [0.2, 0.25) is 0 Å². The van der Waals surface area contributed by atoms with E-state index in [1.165, 1.54) is 0 Å². The summed E-state index contributed by atoms with van der Waals surface area (Å²) in [6.07, 6.45) is 0.717. The van der Waals surface area contributed by atoms with Crippen molar-refractivity contribution in [1.82, 2.24) is 25.1 Å². The molecule has 0 bridgehead atoms. The molecule has 1 aliphatic carbocycles. The summed E-state index contributed by atoms with van der Waals surface area (Å²) in [5.74, 6) is 0.253. The maximum absolute atomic E-state index is 12.8. The molecule has 146 valence electrons. The number of alkyl halides is 3. The number of rotatable bonds is 4. The van der Waals surface area contributed by atoms with Gasteiger partial charge >= 0.3 is 6.18 Å². The van der Waals surface area contributed by atoms with Gasteiger partial charge in [0.15, 0.2) is 0 Å². The predicted molar refractivity (Wildman–Crippen MR) is 93.9 cm³/mol. The van der Waals surface area contributed by atoms with Crippen molar-refractivity contribution in [3.63, 3.8) is 0 Å². The summed E-state index contributed by atoms with van der Waals surface area (Å²) in [7, 11) is 0. The van der Waals surface area contributed by atoms with E-state index in [4.69, 9.17) is 0 Å². The van der Waals surface area contributed by atoms with Crippen molar-refractivity contribution in [3.05, 3.63) is 35.5 Å². The van der Waals surface area contributed by atoms with E-state index in [0.29, 0.717) is 5.41 Å². The Morgan fingerprint density at radius 1 is 1.22 bits per heavy atom. The lowest BCUT2D eigenvalue weighted by atomic mass is 9.60. The molecule has 27 heavy (non-hydrogen) atoms. The first-order valence-electron chi connectivity index (χ1n) is 9.20. The number of H-pyrrole nitrogens is 1. The van der Waals surface area contributed by atoms with Gasteiger partial charge in [0.1, 0.15) is 17.8 Å². The van der Waals surface area contributed by atoms with Gasteiger partial charge in [-0.2, -0.15) is 18.3 Å². The quantitative estimate of drug-likeness (QED) is 0.851. The molecule has 2 fully saturated rings. The number of anilines is 1. The van der Waals surface area contributed by atoms with Gasteiger partial charge in [-0.3, -0.25) is 10.00 Å². The zero-order valence-corrected chi connectivity index (χ0v) is 15.2. The minimum absolute atomic E-state index is 0.182. The number of likely N-dealkylation sites (tertiary alicyclic amines) is 1. The van der Waals surface area contributed by atoms with Gasteiger partial charge in [0.25, 0.3) is 0 Å². The van der Waals surface area contributed by atoms with Crippen molar-refractivity contribution in [2.24, 2.45) is 5.41 Å². The fourth-order valence-corrected chi connectivity index (χ4v) is 4.27. The summed E-state index contributed by atoms with van der Waals surface area (Å²) in [5, 5.41) is 10.4. The van der Waals surface area contributed by atoms with Crippen LogP contribution in [0.25, 0.3) is 0 Å². The van der Waals surface area contributed by atoms with Crippen LogP contribution in [0.3, 0.4) is 0 Å². The number of aromatic nitrogens is 4. The molecule has 4 rings (SSSR count). The first kappa shape index (κ1) is 18.2. The summed E-state index contributed by atoms with van der Waals surface area (Å²) in [5.41, 5.74) is 1.55. The van der Waals surface area contributed by atoms with E-state index in [1.807, 2.05) is 6.92 Å². The maximum Gasteiger partial charge on any atom is 0.433 e. The third-order valence-electron chi connectivity index (χ3n) is 5.73. The molecule has 0 amide bonds. The van der Waals surface area contributed by atoms with Crippen molar-refractivity contribution in [2.75, 3.05) is 18.4 Å². The fourth-order valence-electron chi connectivity index (χ4n) is 4.27. The Kier molecular flexibility index (Phi) is 4.57. The van der Waals surface area contributed by atoms with Crippen LogP contribution in [-0.2, 0) is 12.7 Å². The van der Waals surface area contributed by atoms with Crippen molar-refractivity contribution in [2.45, 2.75) is 51.4 Å². The van der Waals surface area contributed by atoms with E-state index >= 15 is 0 Å². The van der Waals surface area contributed by atoms with Crippen LogP contribution < -0.4 is 5.32 Å². The minimum Gasteiger partial charge on any atom is -0.367 e. The highest BCUT2D eigenvalue weighted by Gasteiger charge is 2.46. The predicted octanol–water partition coefficient (Wildman–Crippen LogP) is 3.38. The monoisotopic (exact) mass is 380 g/mol. The van der Waals surface area contributed by atoms with E-state index in [-0.39, 0.29) is 11.9 Å². The summed E-state index contributed by atoms with van der Waals surface area (Å²) < 4.78 is 38.3. The maximum atomic E-state index is 12.8. The van der Waals surface area contributed by atoms with Gasteiger partial charge in [-0.15, -0.1) is 0 Å². The molecule has 2 aromatic heterocycles. The second-order valence-corrected chi connectivity index (χ2v) is 7.85. The van der Waals surface area contributed by atoms with E-state index in [1.54, 1.807) is 0 Å². The molecule has 1 aliphatic heterocycles. The smallest absolute Gasteiger partial charge is 0.367 e. The van der Waals surface area contributed by atoms with Gasteiger partial charge in [0.05, 0.1) is 5.69 Å². The lowest BCUT2D eigenvalue weighted by Gasteiger charge is -2.52. The number of hydrogen-bond donors (Lipinski definition) is 2. The van der Waals surface area contributed by atoms with Gasteiger partial charge in [0.2, 0.25) is 0 Å². The molecule has 0 aromatic carbocycles. The van der Waals surface area contributed by atoms with E-state index in [9.17, 15) is 13.2 Å². The number of piperidine rings is 1. The number of nitrogens with one attached hydrogen (secondary N) is 2.